The maximum atomic E-state index is 6.01. The summed E-state index contributed by atoms with van der Waals surface area (Å²) >= 11 is 0. The number of hydrogen-bond donors (Lipinski definition) is 1. The van der Waals surface area contributed by atoms with Crippen molar-refractivity contribution in [2.45, 2.75) is 20.8 Å². The lowest BCUT2D eigenvalue weighted by molar-refractivity contribution is 0.431. The Kier molecular flexibility index (Phi) is 2.94. The summed E-state index contributed by atoms with van der Waals surface area (Å²) in [5.41, 5.74) is 3.32. The van der Waals surface area contributed by atoms with Crippen LogP contribution in [0.2, 0.25) is 0 Å². The van der Waals surface area contributed by atoms with Gasteiger partial charge in [-0.3, -0.25) is 0 Å². The summed E-state index contributed by atoms with van der Waals surface area (Å²) in [4.78, 5) is 4.64. The van der Waals surface area contributed by atoms with Crippen molar-refractivity contribution in [3.05, 3.63) is 60.3 Å². The molecule has 2 aromatic carbocycles. The molecule has 0 spiro atoms. The predicted molar refractivity (Wildman–Crippen MR) is 91.1 cm³/mol. The molecule has 1 aromatic heterocycles. The number of aromatic nitrogens is 1. The second-order valence-corrected chi connectivity index (χ2v) is 6.66. The SMILES string of the molecule is CC(C)(C)C(=C1Nc2ccccc2O1)c1nc2ccccc2o1. The van der Waals surface area contributed by atoms with Crippen LogP contribution in [0.1, 0.15) is 26.7 Å². The Balaban J connectivity index is 1.88. The number of nitrogens with one attached hydrogen (secondary N) is 1. The van der Waals surface area contributed by atoms with E-state index in [1.807, 2.05) is 48.5 Å². The summed E-state index contributed by atoms with van der Waals surface area (Å²) < 4.78 is 12.0. The zero-order valence-corrected chi connectivity index (χ0v) is 13.4. The number of benzene rings is 2. The van der Waals surface area contributed by atoms with Gasteiger partial charge in [0, 0.05) is 0 Å². The summed E-state index contributed by atoms with van der Waals surface area (Å²) in [5, 5.41) is 3.34. The van der Waals surface area contributed by atoms with Gasteiger partial charge in [0.05, 0.1) is 11.3 Å². The fraction of sp³-hybridized carbons (Fsp3) is 0.211. The second kappa shape index (κ2) is 4.88. The van der Waals surface area contributed by atoms with Gasteiger partial charge in [0.25, 0.3) is 0 Å². The number of ether oxygens (including phenoxy) is 1. The molecule has 4 rings (SSSR count). The molecule has 0 saturated carbocycles. The van der Waals surface area contributed by atoms with E-state index in [0.717, 1.165) is 28.1 Å². The molecule has 0 amide bonds. The van der Waals surface area contributed by atoms with Gasteiger partial charge in [0.1, 0.15) is 5.52 Å². The third-order valence-electron chi connectivity index (χ3n) is 3.83. The van der Waals surface area contributed by atoms with Crippen molar-refractivity contribution in [1.29, 1.82) is 0 Å². The number of nitrogens with zero attached hydrogens (tertiary/aromatic N) is 1. The lowest BCUT2D eigenvalue weighted by Gasteiger charge is -2.21. The summed E-state index contributed by atoms with van der Waals surface area (Å²) in [6.45, 7) is 6.37. The van der Waals surface area contributed by atoms with E-state index < -0.39 is 0 Å². The molecule has 116 valence electrons. The van der Waals surface area contributed by atoms with E-state index in [2.05, 4.69) is 31.1 Å². The highest BCUT2D eigenvalue weighted by Crippen LogP contribution is 2.42. The molecule has 1 aliphatic rings. The molecular formula is C19H18N2O2. The Bertz CT molecular complexity index is 856. The molecule has 4 nitrogen and oxygen atoms in total. The van der Waals surface area contributed by atoms with E-state index >= 15 is 0 Å². The number of oxazole rings is 1. The second-order valence-electron chi connectivity index (χ2n) is 6.66. The molecule has 2 heterocycles. The molecule has 0 fully saturated rings. The van der Waals surface area contributed by atoms with Gasteiger partial charge in [-0.2, -0.15) is 0 Å². The Hall–Kier alpha value is -2.75. The third-order valence-corrected chi connectivity index (χ3v) is 3.83. The van der Waals surface area contributed by atoms with Crippen molar-refractivity contribution in [2.24, 2.45) is 5.41 Å². The number of hydrogen-bond acceptors (Lipinski definition) is 4. The number of rotatable bonds is 1. The van der Waals surface area contributed by atoms with E-state index in [4.69, 9.17) is 9.15 Å². The van der Waals surface area contributed by atoms with Crippen molar-refractivity contribution >= 4 is 22.4 Å². The topological polar surface area (TPSA) is 47.3 Å². The number of fused-ring (bicyclic) bond motifs is 2. The first-order valence-corrected chi connectivity index (χ1v) is 7.67. The van der Waals surface area contributed by atoms with E-state index in [1.165, 1.54) is 0 Å². The van der Waals surface area contributed by atoms with Crippen LogP contribution in [0.25, 0.3) is 16.7 Å². The number of allylic oxidation sites excluding steroid dienone is 1. The van der Waals surface area contributed by atoms with Gasteiger partial charge in [0.15, 0.2) is 11.3 Å². The average Bonchev–Trinajstić information content (AvgIpc) is 3.08. The third kappa shape index (κ3) is 2.36. The highest BCUT2D eigenvalue weighted by molar-refractivity contribution is 5.80. The van der Waals surface area contributed by atoms with Gasteiger partial charge in [0.2, 0.25) is 11.8 Å². The first kappa shape index (κ1) is 13.9. The minimum Gasteiger partial charge on any atom is -0.438 e. The van der Waals surface area contributed by atoms with Crippen molar-refractivity contribution in [2.75, 3.05) is 5.32 Å². The fourth-order valence-electron chi connectivity index (χ4n) is 2.77. The molecule has 4 heteroatoms. The summed E-state index contributed by atoms with van der Waals surface area (Å²) in [5.74, 6) is 2.10. The van der Waals surface area contributed by atoms with Crippen LogP contribution in [0.4, 0.5) is 5.69 Å². The zero-order valence-electron chi connectivity index (χ0n) is 13.4. The van der Waals surface area contributed by atoms with Gasteiger partial charge in [-0.1, -0.05) is 45.0 Å². The lowest BCUT2D eigenvalue weighted by Crippen LogP contribution is -2.15. The summed E-state index contributed by atoms with van der Waals surface area (Å²) in [6.07, 6.45) is 0. The highest BCUT2D eigenvalue weighted by atomic mass is 16.5. The van der Waals surface area contributed by atoms with Crippen LogP contribution in [0, 0.1) is 5.41 Å². The van der Waals surface area contributed by atoms with Crippen molar-refractivity contribution < 1.29 is 9.15 Å². The first-order valence-electron chi connectivity index (χ1n) is 7.67. The van der Waals surface area contributed by atoms with Gasteiger partial charge in [-0.25, -0.2) is 4.98 Å². The van der Waals surface area contributed by atoms with Gasteiger partial charge < -0.3 is 14.5 Å². The predicted octanol–water partition coefficient (Wildman–Crippen LogP) is 5.05. The van der Waals surface area contributed by atoms with Crippen molar-refractivity contribution in [3.63, 3.8) is 0 Å². The maximum absolute atomic E-state index is 6.01. The Labute approximate surface area is 134 Å². The van der Waals surface area contributed by atoms with E-state index in [-0.39, 0.29) is 5.41 Å². The van der Waals surface area contributed by atoms with Crippen LogP contribution >= 0.6 is 0 Å². The van der Waals surface area contributed by atoms with Crippen molar-refractivity contribution in [1.82, 2.24) is 4.98 Å². The van der Waals surface area contributed by atoms with Gasteiger partial charge in [-0.05, 0) is 29.7 Å². The average molecular weight is 306 g/mol. The van der Waals surface area contributed by atoms with Crippen LogP contribution in [0.15, 0.2) is 58.8 Å². The quantitative estimate of drug-likeness (QED) is 0.683. The summed E-state index contributed by atoms with van der Waals surface area (Å²) in [6, 6.07) is 15.7. The number of para-hydroxylation sites is 4. The molecule has 23 heavy (non-hydrogen) atoms. The molecule has 1 aliphatic heterocycles. The molecule has 0 atom stereocenters. The first-order chi connectivity index (χ1) is 11.0. The standard InChI is InChI=1S/C19H18N2O2/c1-19(2,3)16(17-20-12-8-4-6-10-14(12)22-17)18-21-13-9-5-7-11-15(13)23-18/h4-11,20H,1-3H3. The Morgan fingerprint density at radius 2 is 1.74 bits per heavy atom. The zero-order chi connectivity index (χ0) is 16.0. The molecule has 0 unspecified atom stereocenters. The molecule has 0 saturated heterocycles. The van der Waals surface area contributed by atoms with Crippen LogP contribution in [-0.4, -0.2) is 4.98 Å². The lowest BCUT2D eigenvalue weighted by atomic mass is 9.86. The highest BCUT2D eigenvalue weighted by Gasteiger charge is 2.32. The van der Waals surface area contributed by atoms with Crippen LogP contribution in [0.3, 0.4) is 0 Å². The smallest absolute Gasteiger partial charge is 0.229 e. The van der Waals surface area contributed by atoms with Crippen LogP contribution in [0.5, 0.6) is 5.75 Å². The van der Waals surface area contributed by atoms with Gasteiger partial charge >= 0.3 is 0 Å². The number of anilines is 1. The normalized spacial score (nSPS) is 16.0. The maximum Gasteiger partial charge on any atom is 0.229 e. The Morgan fingerprint density at radius 3 is 2.48 bits per heavy atom. The van der Waals surface area contributed by atoms with Crippen LogP contribution < -0.4 is 10.1 Å². The monoisotopic (exact) mass is 306 g/mol. The summed E-state index contributed by atoms with van der Waals surface area (Å²) in [7, 11) is 0. The molecule has 0 aliphatic carbocycles. The molecule has 3 aromatic rings. The molecule has 0 radical (unpaired) electrons. The molecular weight excluding hydrogens is 288 g/mol. The van der Waals surface area contributed by atoms with E-state index in [9.17, 15) is 0 Å². The Morgan fingerprint density at radius 1 is 1.00 bits per heavy atom. The van der Waals surface area contributed by atoms with E-state index in [0.29, 0.717) is 11.8 Å². The van der Waals surface area contributed by atoms with E-state index in [1.54, 1.807) is 0 Å². The van der Waals surface area contributed by atoms with Crippen molar-refractivity contribution in [3.8, 4) is 5.75 Å². The minimum absolute atomic E-state index is 0.189. The molecule has 1 N–H and O–H groups in total. The van der Waals surface area contributed by atoms with Gasteiger partial charge in [-0.15, -0.1) is 0 Å². The van der Waals surface area contributed by atoms with Crippen LogP contribution in [-0.2, 0) is 0 Å². The largest absolute Gasteiger partial charge is 0.438 e. The fourth-order valence-corrected chi connectivity index (χ4v) is 2.77. The minimum atomic E-state index is -0.189. The molecule has 0 bridgehead atoms.